The molecule has 29 heavy (non-hydrogen) atoms. The zero-order chi connectivity index (χ0) is 21.6. The van der Waals surface area contributed by atoms with E-state index in [1.807, 2.05) is 11.8 Å². The van der Waals surface area contributed by atoms with Crippen LogP contribution >= 0.6 is 11.8 Å². The number of hydrogen-bond donors (Lipinski definition) is 2. The highest BCUT2D eigenvalue weighted by Gasteiger charge is 2.21. The molecule has 0 saturated heterocycles. The van der Waals surface area contributed by atoms with Crippen molar-refractivity contribution in [3.05, 3.63) is 52.1 Å². The van der Waals surface area contributed by atoms with Gasteiger partial charge < -0.3 is 9.47 Å². The lowest BCUT2D eigenvalue weighted by molar-refractivity contribution is -0.385. The van der Waals surface area contributed by atoms with Crippen molar-refractivity contribution in [2.24, 2.45) is 0 Å². The number of nitro benzene ring substituents is 1. The summed E-state index contributed by atoms with van der Waals surface area (Å²) in [5.41, 5.74) is 2.75. The van der Waals surface area contributed by atoms with Crippen LogP contribution in [0.4, 0.5) is 5.69 Å². The Morgan fingerprint density at radius 1 is 1.14 bits per heavy atom. The van der Waals surface area contributed by atoms with Crippen molar-refractivity contribution in [2.45, 2.75) is 16.7 Å². The molecule has 0 atom stereocenters. The molecule has 0 saturated carbocycles. The fraction of sp³-hybridized carbons (Fsp3) is 0.235. The monoisotopic (exact) mass is 441 g/mol. The van der Waals surface area contributed by atoms with E-state index in [1.54, 1.807) is 12.1 Å². The topological polar surface area (TPSA) is 137 Å². The molecule has 0 bridgehead atoms. The van der Waals surface area contributed by atoms with Gasteiger partial charge in [0.05, 0.1) is 40.8 Å². The lowest BCUT2D eigenvalue weighted by atomic mass is 10.2. The summed E-state index contributed by atoms with van der Waals surface area (Å²) < 4.78 is 34.5. The van der Waals surface area contributed by atoms with Gasteiger partial charge in [-0.1, -0.05) is 17.7 Å². The molecule has 2 rings (SSSR count). The van der Waals surface area contributed by atoms with Crippen LogP contribution in [0.3, 0.4) is 0 Å². The van der Waals surface area contributed by atoms with Gasteiger partial charge in [0.15, 0.2) is 5.75 Å². The molecule has 2 aromatic carbocycles. The molecular weight excluding hydrogens is 422 g/mol. The van der Waals surface area contributed by atoms with Gasteiger partial charge in [-0.3, -0.25) is 20.3 Å². The van der Waals surface area contributed by atoms with Crippen LogP contribution in [0, 0.1) is 17.0 Å². The smallest absolute Gasteiger partial charge is 0.314 e. The normalized spacial score (nSPS) is 11.0. The van der Waals surface area contributed by atoms with Crippen LogP contribution in [0.2, 0.25) is 0 Å². The number of hydrazine groups is 1. The van der Waals surface area contributed by atoms with Crippen LogP contribution in [0.15, 0.2) is 46.2 Å². The number of methoxy groups -OCH3 is 2. The molecule has 0 aliphatic carbocycles. The maximum atomic E-state index is 12.2. The predicted molar refractivity (Wildman–Crippen MR) is 107 cm³/mol. The van der Waals surface area contributed by atoms with Crippen molar-refractivity contribution in [2.75, 3.05) is 20.0 Å². The molecule has 156 valence electrons. The number of sulfonamides is 1. The van der Waals surface area contributed by atoms with Crippen molar-refractivity contribution in [3.63, 3.8) is 0 Å². The number of carbonyl (C=O) groups is 1. The van der Waals surface area contributed by atoms with E-state index in [0.29, 0.717) is 4.90 Å². The highest BCUT2D eigenvalue weighted by atomic mass is 32.2. The summed E-state index contributed by atoms with van der Waals surface area (Å²) in [7, 11) is -1.28. The quantitative estimate of drug-likeness (QED) is 0.343. The zero-order valence-corrected chi connectivity index (χ0v) is 17.4. The van der Waals surface area contributed by atoms with E-state index in [-0.39, 0.29) is 27.8 Å². The molecule has 0 fully saturated rings. The van der Waals surface area contributed by atoms with Gasteiger partial charge >= 0.3 is 5.69 Å². The minimum atomic E-state index is -3.90. The van der Waals surface area contributed by atoms with Crippen LogP contribution in [-0.4, -0.2) is 39.2 Å². The number of hydrogen-bond acceptors (Lipinski definition) is 8. The van der Waals surface area contributed by atoms with Gasteiger partial charge in [-0.25, -0.2) is 8.42 Å². The number of nitrogens with one attached hydrogen (secondary N) is 2. The highest BCUT2D eigenvalue weighted by molar-refractivity contribution is 8.00. The van der Waals surface area contributed by atoms with Crippen molar-refractivity contribution in [1.29, 1.82) is 0 Å². The molecule has 0 radical (unpaired) electrons. The van der Waals surface area contributed by atoms with Gasteiger partial charge in [-0.2, -0.15) is 0 Å². The van der Waals surface area contributed by atoms with Crippen LogP contribution in [0.1, 0.15) is 5.56 Å². The average Bonchev–Trinajstić information content (AvgIpc) is 2.70. The zero-order valence-electron chi connectivity index (χ0n) is 15.8. The molecule has 1 amide bonds. The predicted octanol–water partition coefficient (Wildman–Crippen LogP) is 2.02. The Bertz CT molecular complexity index is 1010. The molecule has 12 heteroatoms. The Hall–Kier alpha value is -2.83. The third-order valence-electron chi connectivity index (χ3n) is 3.68. The van der Waals surface area contributed by atoms with Crippen LogP contribution in [0.25, 0.3) is 0 Å². The van der Waals surface area contributed by atoms with Crippen molar-refractivity contribution in [3.8, 4) is 11.5 Å². The molecule has 0 aromatic heterocycles. The minimum absolute atomic E-state index is 0.0119. The minimum Gasteiger partial charge on any atom is -0.495 e. The Labute approximate surface area is 171 Å². The highest BCUT2D eigenvalue weighted by Crippen LogP contribution is 2.39. The standard InChI is InChI=1S/C17H19N3O7S2/c1-11-4-6-12(7-5-11)29(24,25)19-18-17(21)10-28-16-9-14(26-2)13(20(22)23)8-15(16)27-3/h4-9,19H,10H2,1-3H3,(H,18,21). The van der Waals surface area contributed by atoms with E-state index in [2.05, 4.69) is 5.43 Å². The van der Waals surface area contributed by atoms with Gasteiger partial charge in [0.25, 0.3) is 10.0 Å². The number of carbonyl (C=O) groups excluding carboxylic acids is 1. The van der Waals surface area contributed by atoms with Gasteiger partial charge in [0, 0.05) is 6.07 Å². The second-order valence-electron chi connectivity index (χ2n) is 5.69. The number of rotatable bonds is 9. The summed E-state index contributed by atoms with van der Waals surface area (Å²) in [5, 5.41) is 11.1. The largest absolute Gasteiger partial charge is 0.495 e. The summed E-state index contributed by atoms with van der Waals surface area (Å²) in [6.45, 7) is 1.82. The third-order valence-corrected chi connectivity index (χ3v) is 5.98. The molecule has 2 aromatic rings. The first-order valence-electron chi connectivity index (χ1n) is 8.08. The lowest BCUT2D eigenvalue weighted by Gasteiger charge is -2.11. The summed E-state index contributed by atoms with van der Waals surface area (Å²) in [6, 6.07) is 8.70. The van der Waals surface area contributed by atoms with E-state index in [4.69, 9.17) is 9.47 Å². The Balaban J connectivity index is 2.03. The Morgan fingerprint density at radius 3 is 2.31 bits per heavy atom. The molecule has 0 spiro atoms. The second-order valence-corrected chi connectivity index (χ2v) is 8.39. The van der Waals surface area contributed by atoms with Crippen LogP contribution < -0.4 is 19.7 Å². The maximum absolute atomic E-state index is 12.2. The first-order valence-corrected chi connectivity index (χ1v) is 10.6. The number of aryl methyl sites for hydroxylation is 1. The molecule has 0 unspecified atom stereocenters. The average molecular weight is 441 g/mol. The van der Waals surface area contributed by atoms with Crippen LogP contribution in [0.5, 0.6) is 11.5 Å². The van der Waals surface area contributed by atoms with Gasteiger partial charge in [-0.05, 0) is 19.1 Å². The molecule has 10 nitrogen and oxygen atoms in total. The first-order chi connectivity index (χ1) is 13.7. The number of amides is 1. The van der Waals surface area contributed by atoms with Crippen molar-refractivity contribution < 1.29 is 27.6 Å². The summed E-state index contributed by atoms with van der Waals surface area (Å²) in [6.07, 6.45) is 0. The fourth-order valence-electron chi connectivity index (χ4n) is 2.19. The lowest BCUT2D eigenvalue weighted by Crippen LogP contribution is -2.42. The van der Waals surface area contributed by atoms with E-state index in [1.165, 1.54) is 38.5 Å². The number of nitrogens with zero attached hydrogens (tertiary/aromatic N) is 1. The molecular formula is C17H19N3O7S2. The second kappa shape index (κ2) is 9.58. The van der Waals surface area contributed by atoms with E-state index < -0.39 is 20.9 Å². The number of nitro groups is 1. The van der Waals surface area contributed by atoms with Gasteiger partial charge in [-0.15, -0.1) is 16.6 Å². The van der Waals surface area contributed by atoms with E-state index in [0.717, 1.165) is 17.3 Å². The molecule has 0 heterocycles. The van der Waals surface area contributed by atoms with E-state index in [9.17, 15) is 23.3 Å². The number of ether oxygens (including phenoxy) is 2. The van der Waals surface area contributed by atoms with Gasteiger partial charge in [0.2, 0.25) is 5.91 Å². The molecule has 2 N–H and O–H groups in total. The SMILES string of the molecule is COc1cc([N+](=O)[O-])c(OC)cc1SCC(=O)NNS(=O)(=O)c1ccc(C)cc1. The molecule has 0 aliphatic rings. The third kappa shape index (κ3) is 5.82. The Kier molecular flexibility index (Phi) is 7.42. The van der Waals surface area contributed by atoms with Crippen molar-refractivity contribution >= 4 is 33.4 Å². The van der Waals surface area contributed by atoms with Crippen LogP contribution in [-0.2, 0) is 14.8 Å². The molecule has 0 aliphatic heterocycles. The van der Waals surface area contributed by atoms with Crippen molar-refractivity contribution in [1.82, 2.24) is 10.3 Å². The summed E-state index contributed by atoms with van der Waals surface area (Å²) >= 11 is 1.00. The number of thioether (sulfide) groups is 1. The maximum Gasteiger partial charge on any atom is 0.314 e. The van der Waals surface area contributed by atoms with E-state index >= 15 is 0 Å². The number of benzene rings is 2. The first kappa shape index (κ1) is 22.5. The Morgan fingerprint density at radius 2 is 1.76 bits per heavy atom. The van der Waals surface area contributed by atoms with Gasteiger partial charge in [0.1, 0.15) is 5.75 Å². The summed E-state index contributed by atoms with van der Waals surface area (Å²) in [5.74, 6) is -0.590. The summed E-state index contributed by atoms with van der Waals surface area (Å²) in [4.78, 5) is 25.0. The fourth-order valence-corrected chi connectivity index (χ4v) is 3.88.